The molecule has 138 valence electrons. The number of rotatable bonds is 3. The number of sulfonamides is 1. The van der Waals surface area contributed by atoms with Crippen molar-refractivity contribution in [3.8, 4) is 0 Å². The Bertz CT molecular complexity index is 729. The van der Waals surface area contributed by atoms with Crippen LogP contribution in [0.15, 0.2) is 29.2 Å². The van der Waals surface area contributed by atoms with Gasteiger partial charge in [-0.3, -0.25) is 4.79 Å². The van der Waals surface area contributed by atoms with Crippen molar-refractivity contribution in [1.29, 1.82) is 0 Å². The molecule has 1 atom stereocenters. The van der Waals surface area contributed by atoms with E-state index in [1.165, 1.54) is 10.4 Å². The number of amides is 1. The summed E-state index contributed by atoms with van der Waals surface area (Å²) < 4.78 is 32.6. The van der Waals surface area contributed by atoms with E-state index < -0.39 is 10.0 Å². The van der Waals surface area contributed by atoms with Gasteiger partial charge >= 0.3 is 0 Å². The second kappa shape index (κ2) is 7.41. The van der Waals surface area contributed by atoms with Gasteiger partial charge in [0.1, 0.15) is 0 Å². The quantitative estimate of drug-likeness (QED) is 0.777. The number of ether oxygens (including phenoxy) is 1. The Morgan fingerprint density at radius 3 is 2.56 bits per heavy atom. The van der Waals surface area contributed by atoms with Crippen LogP contribution in [0.4, 0.5) is 0 Å². The number of morpholine rings is 1. The number of hydrogen-bond donors (Lipinski definition) is 0. The highest BCUT2D eigenvalue weighted by atomic mass is 32.2. The molecule has 0 aliphatic carbocycles. The maximum absolute atomic E-state index is 12.9. The summed E-state index contributed by atoms with van der Waals surface area (Å²) in [4.78, 5) is 16.8. The molecule has 1 aromatic carbocycles. The summed E-state index contributed by atoms with van der Waals surface area (Å²) in [5.74, 6) is -0.111. The number of carbonyl (C=O) groups excluding carboxylic acids is 1. The lowest BCUT2D eigenvalue weighted by atomic mass is 10.2. The zero-order valence-corrected chi connectivity index (χ0v) is 15.5. The summed E-state index contributed by atoms with van der Waals surface area (Å²) in [5, 5.41) is 0. The van der Waals surface area contributed by atoms with Gasteiger partial charge in [-0.1, -0.05) is 6.07 Å². The van der Waals surface area contributed by atoms with Crippen LogP contribution in [-0.4, -0.2) is 87.5 Å². The summed E-state index contributed by atoms with van der Waals surface area (Å²) >= 11 is 0. The van der Waals surface area contributed by atoms with Crippen molar-refractivity contribution in [2.75, 3.05) is 52.9 Å². The summed E-state index contributed by atoms with van der Waals surface area (Å²) in [6.45, 7) is 5.89. The van der Waals surface area contributed by atoms with Gasteiger partial charge in [-0.15, -0.1) is 0 Å². The van der Waals surface area contributed by atoms with Crippen LogP contribution in [-0.2, 0) is 14.8 Å². The molecule has 0 aromatic heterocycles. The van der Waals surface area contributed by atoms with E-state index in [1.807, 2.05) is 14.0 Å². The highest BCUT2D eigenvalue weighted by Gasteiger charge is 2.30. The Kier molecular flexibility index (Phi) is 5.43. The fourth-order valence-corrected chi connectivity index (χ4v) is 4.68. The van der Waals surface area contributed by atoms with Crippen molar-refractivity contribution >= 4 is 15.9 Å². The average Bonchev–Trinajstić information content (AvgIpc) is 2.62. The molecule has 0 saturated carbocycles. The van der Waals surface area contributed by atoms with E-state index in [1.54, 1.807) is 23.1 Å². The number of benzene rings is 1. The summed E-state index contributed by atoms with van der Waals surface area (Å²) in [5.41, 5.74) is 0.423. The Morgan fingerprint density at radius 1 is 1.16 bits per heavy atom. The fraction of sp³-hybridized carbons (Fsp3) is 0.588. The lowest BCUT2D eigenvalue weighted by molar-refractivity contribution is 0.0102. The third-order valence-corrected chi connectivity index (χ3v) is 6.57. The van der Waals surface area contributed by atoms with Gasteiger partial charge in [0.25, 0.3) is 5.91 Å². The van der Waals surface area contributed by atoms with Crippen LogP contribution >= 0.6 is 0 Å². The summed E-state index contributed by atoms with van der Waals surface area (Å²) in [7, 11) is -1.59. The smallest absolute Gasteiger partial charge is 0.253 e. The molecule has 2 fully saturated rings. The second-order valence-electron chi connectivity index (χ2n) is 6.67. The molecule has 2 aliphatic heterocycles. The van der Waals surface area contributed by atoms with Crippen molar-refractivity contribution in [2.45, 2.75) is 17.9 Å². The average molecular weight is 367 g/mol. The zero-order chi connectivity index (χ0) is 18.0. The van der Waals surface area contributed by atoms with E-state index >= 15 is 0 Å². The van der Waals surface area contributed by atoms with E-state index in [0.29, 0.717) is 38.3 Å². The molecule has 1 amide bonds. The number of hydrogen-bond acceptors (Lipinski definition) is 5. The van der Waals surface area contributed by atoms with Crippen LogP contribution < -0.4 is 0 Å². The zero-order valence-electron chi connectivity index (χ0n) is 14.7. The van der Waals surface area contributed by atoms with E-state index in [4.69, 9.17) is 4.74 Å². The molecule has 2 heterocycles. The Balaban J connectivity index is 1.80. The number of piperazine rings is 1. The Hall–Kier alpha value is -1.48. The molecule has 0 bridgehead atoms. The number of nitrogens with zero attached hydrogens (tertiary/aromatic N) is 3. The van der Waals surface area contributed by atoms with Crippen LogP contribution in [0.1, 0.15) is 17.3 Å². The minimum atomic E-state index is -3.62. The Morgan fingerprint density at radius 2 is 1.88 bits per heavy atom. The van der Waals surface area contributed by atoms with Crippen LogP contribution in [0, 0.1) is 0 Å². The standard InChI is InChI=1S/C17H25N3O4S/c1-14-13-20(10-11-24-14)25(22,23)16-5-3-4-15(12-16)17(21)19-8-6-18(2)7-9-19/h3-5,12,14H,6-11,13H2,1-2H3. The van der Waals surface area contributed by atoms with Gasteiger partial charge < -0.3 is 14.5 Å². The highest BCUT2D eigenvalue weighted by Crippen LogP contribution is 2.20. The van der Waals surface area contributed by atoms with E-state index in [9.17, 15) is 13.2 Å². The first-order chi connectivity index (χ1) is 11.9. The third-order valence-electron chi connectivity index (χ3n) is 4.71. The van der Waals surface area contributed by atoms with E-state index in [2.05, 4.69) is 4.90 Å². The van der Waals surface area contributed by atoms with Crippen LogP contribution in [0.3, 0.4) is 0 Å². The van der Waals surface area contributed by atoms with Gasteiger partial charge in [0, 0.05) is 44.8 Å². The lowest BCUT2D eigenvalue weighted by Gasteiger charge is -2.32. The van der Waals surface area contributed by atoms with Gasteiger partial charge in [0.05, 0.1) is 17.6 Å². The molecule has 7 nitrogen and oxygen atoms in total. The predicted octanol–water partition coefficient (Wildman–Crippen LogP) is 0.484. The van der Waals surface area contributed by atoms with Crippen molar-refractivity contribution in [2.24, 2.45) is 0 Å². The number of likely N-dealkylation sites (N-methyl/N-ethyl adjacent to an activating group) is 1. The van der Waals surface area contributed by atoms with Gasteiger partial charge in [-0.25, -0.2) is 8.42 Å². The minimum Gasteiger partial charge on any atom is -0.376 e. The molecule has 8 heteroatoms. The van der Waals surface area contributed by atoms with E-state index in [-0.39, 0.29) is 16.9 Å². The largest absolute Gasteiger partial charge is 0.376 e. The third kappa shape index (κ3) is 4.03. The molecule has 0 N–H and O–H groups in total. The van der Waals surface area contributed by atoms with Gasteiger partial charge in [-0.05, 0) is 32.2 Å². The normalized spacial score (nSPS) is 23.6. The van der Waals surface area contributed by atoms with Gasteiger partial charge in [0.2, 0.25) is 10.0 Å². The Labute approximate surface area is 149 Å². The van der Waals surface area contributed by atoms with Crippen LogP contribution in [0.2, 0.25) is 0 Å². The molecule has 0 spiro atoms. The highest BCUT2D eigenvalue weighted by molar-refractivity contribution is 7.89. The first kappa shape index (κ1) is 18.3. The van der Waals surface area contributed by atoms with E-state index in [0.717, 1.165) is 13.1 Å². The van der Waals surface area contributed by atoms with Crippen LogP contribution in [0.25, 0.3) is 0 Å². The maximum Gasteiger partial charge on any atom is 0.253 e. The summed E-state index contributed by atoms with van der Waals surface area (Å²) in [6.07, 6.45) is -0.126. The first-order valence-electron chi connectivity index (χ1n) is 8.57. The molecule has 25 heavy (non-hydrogen) atoms. The molecular formula is C17H25N3O4S. The second-order valence-corrected chi connectivity index (χ2v) is 8.61. The molecule has 1 unspecified atom stereocenters. The molecule has 2 saturated heterocycles. The van der Waals surface area contributed by atoms with Crippen molar-refractivity contribution in [3.63, 3.8) is 0 Å². The van der Waals surface area contributed by atoms with Gasteiger partial charge in [0.15, 0.2) is 0 Å². The molecule has 3 rings (SSSR count). The fourth-order valence-electron chi connectivity index (χ4n) is 3.14. The van der Waals surface area contributed by atoms with Crippen molar-refractivity contribution in [1.82, 2.24) is 14.1 Å². The topological polar surface area (TPSA) is 70.2 Å². The monoisotopic (exact) mass is 367 g/mol. The SMILES string of the molecule is CC1CN(S(=O)(=O)c2cccc(C(=O)N3CCN(C)CC3)c2)CCO1. The van der Waals surface area contributed by atoms with Crippen LogP contribution in [0.5, 0.6) is 0 Å². The molecule has 1 aromatic rings. The lowest BCUT2D eigenvalue weighted by Crippen LogP contribution is -2.47. The number of carbonyl (C=O) groups is 1. The molecule has 0 radical (unpaired) electrons. The minimum absolute atomic E-state index is 0.111. The molecular weight excluding hydrogens is 342 g/mol. The van der Waals surface area contributed by atoms with Crippen molar-refractivity contribution in [3.05, 3.63) is 29.8 Å². The van der Waals surface area contributed by atoms with Gasteiger partial charge in [-0.2, -0.15) is 4.31 Å². The maximum atomic E-state index is 12.9. The van der Waals surface area contributed by atoms with Crippen molar-refractivity contribution < 1.29 is 17.9 Å². The summed E-state index contributed by atoms with van der Waals surface area (Å²) in [6, 6.07) is 6.37. The predicted molar refractivity (Wildman–Crippen MR) is 94.0 cm³/mol. The molecule has 2 aliphatic rings. The first-order valence-corrected chi connectivity index (χ1v) is 10.0.